The van der Waals surface area contributed by atoms with Crippen LogP contribution in [0.1, 0.15) is 25.0 Å². The van der Waals surface area contributed by atoms with Crippen LogP contribution in [-0.4, -0.2) is 21.5 Å². The first-order valence-corrected chi connectivity index (χ1v) is 9.32. The zero-order valence-corrected chi connectivity index (χ0v) is 16.2. The fraction of sp³-hybridized carbons (Fsp3) is 0.273. The van der Waals surface area contributed by atoms with Gasteiger partial charge in [0.1, 0.15) is 5.82 Å². The van der Waals surface area contributed by atoms with Crippen LogP contribution in [0.25, 0.3) is 33.3 Å². The van der Waals surface area contributed by atoms with Crippen LogP contribution in [0.4, 0.5) is 11.4 Å². The first-order valence-electron chi connectivity index (χ1n) is 9.32. The van der Waals surface area contributed by atoms with Crippen LogP contribution in [0.2, 0.25) is 0 Å². The lowest BCUT2D eigenvalue weighted by molar-refractivity contribution is 0.689. The Morgan fingerprint density at radius 2 is 1.96 bits per heavy atom. The van der Waals surface area contributed by atoms with Crippen molar-refractivity contribution in [3.63, 3.8) is 0 Å². The van der Waals surface area contributed by atoms with Crippen LogP contribution in [0.15, 0.2) is 36.5 Å². The van der Waals surface area contributed by atoms with Crippen LogP contribution in [0.3, 0.4) is 0 Å². The van der Waals surface area contributed by atoms with Crippen molar-refractivity contribution in [2.75, 3.05) is 17.6 Å². The number of hydrogen-bond donors (Lipinski definition) is 3. The molecule has 0 atom stereocenters. The molecule has 5 nitrogen and oxygen atoms in total. The highest BCUT2D eigenvalue weighted by Crippen LogP contribution is 2.33. The number of anilines is 2. The molecule has 0 saturated carbocycles. The number of aryl methyl sites for hydroxylation is 2. The Labute approximate surface area is 159 Å². The third-order valence-electron chi connectivity index (χ3n) is 5.06. The first-order chi connectivity index (χ1) is 12.9. The van der Waals surface area contributed by atoms with E-state index in [9.17, 15) is 0 Å². The summed E-state index contributed by atoms with van der Waals surface area (Å²) in [7, 11) is 0. The van der Waals surface area contributed by atoms with E-state index in [1.54, 1.807) is 6.20 Å². The Balaban J connectivity index is 1.82. The molecule has 138 valence electrons. The van der Waals surface area contributed by atoms with Crippen molar-refractivity contribution in [3.05, 3.63) is 47.7 Å². The summed E-state index contributed by atoms with van der Waals surface area (Å²) in [4.78, 5) is 12.8. The molecular weight excluding hydrogens is 334 g/mol. The van der Waals surface area contributed by atoms with Gasteiger partial charge in [0.15, 0.2) is 0 Å². The molecule has 0 spiro atoms. The summed E-state index contributed by atoms with van der Waals surface area (Å²) in [6.45, 7) is 9.49. The van der Waals surface area contributed by atoms with Crippen LogP contribution in [0, 0.1) is 19.8 Å². The lowest BCUT2D eigenvalue weighted by atomic mass is 10.1. The van der Waals surface area contributed by atoms with Gasteiger partial charge in [-0.05, 0) is 55.2 Å². The highest BCUT2D eigenvalue weighted by atomic mass is 14.9. The lowest BCUT2D eigenvalue weighted by Crippen LogP contribution is -2.07. The maximum atomic E-state index is 6.54. The van der Waals surface area contributed by atoms with Crippen LogP contribution >= 0.6 is 0 Å². The summed E-state index contributed by atoms with van der Waals surface area (Å²) in [5.41, 5.74) is 14.4. The summed E-state index contributed by atoms with van der Waals surface area (Å²) in [5.74, 6) is 1.33. The number of nitrogens with two attached hydrogens (primary N) is 1. The molecule has 0 radical (unpaired) electrons. The van der Waals surface area contributed by atoms with E-state index < -0.39 is 0 Å². The van der Waals surface area contributed by atoms with Crippen molar-refractivity contribution in [2.24, 2.45) is 5.92 Å². The second-order valence-corrected chi connectivity index (χ2v) is 7.58. The maximum absolute atomic E-state index is 6.54. The number of nitrogens with one attached hydrogen (secondary N) is 2. The molecule has 4 aromatic rings. The summed E-state index contributed by atoms with van der Waals surface area (Å²) >= 11 is 0. The van der Waals surface area contributed by atoms with Crippen LogP contribution < -0.4 is 11.1 Å². The van der Waals surface area contributed by atoms with Crippen molar-refractivity contribution in [1.29, 1.82) is 0 Å². The van der Waals surface area contributed by atoms with Gasteiger partial charge < -0.3 is 16.0 Å². The van der Waals surface area contributed by atoms with Crippen LogP contribution in [-0.2, 0) is 0 Å². The number of nitrogens with zero attached hydrogens (tertiary/aromatic N) is 2. The van der Waals surface area contributed by atoms with Gasteiger partial charge in [-0.25, -0.2) is 4.98 Å². The molecular formula is C22H25N5. The number of rotatable bonds is 4. The quantitative estimate of drug-likeness (QED) is 0.476. The van der Waals surface area contributed by atoms with Gasteiger partial charge in [-0.15, -0.1) is 0 Å². The smallest absolute Gasteiger partial charge is 0.142 e. The van der Waals surface area contributed by atoms with Gasteiger partial charge in [0, 0.05) is 23.8 Å². The van der Waals surface area contributed by atoms with Gasteiger partial charge in [0.2, 0.25) is 0 Å². The Morgan fingerprint density at radius 3 is 2.74 bits per heavy atom. The van der Waals surface area contributed by atoms with E-state index in [1.807, 2.05) is 12.1 Å². The lowest BCUT2D eigenvalue weighted by Gasteiger charge is -2.11. The average molecular weight is 359 g/mol. The van der Waals surface area contributed by atoms with Gasteiger partial charge in [0.25, 0.3) is 0 Å². The normalized spacial score (nSPS) is 11.6. The number of H-pyrrole nitrogens is 1. The predicted molar refractivity (Wildman–Crippen MR) is 114 cm³/mol. The second-order valence-electron chi connectivity index (χ2n) is 7.58. The Bertz CT molecular complexity index is 1140. The summed E-state index contributed by atoms with van der Waals surface area (Å²) in [5, 5.41) is 4.39. The van der Waals surface area contributed by atoms with Crippen molar-refractivity contribution in [3.8, 4) is 11.4 Å². The molecule has 2 heterocycles. The van der Waals surface area contributed by atoms with E-state index in [0.717, 1.165) is 45.6 Å². The molecule has 0 unspecified atom stereocenters. The number of imidazole rings is 1. The van der Waals surface area contributed by atoms with Gasteiger partial charge in [-0.1, -0.05) is 19.9 Å². The molecule has 2 aromatic carbocycles. The molecule has 4 rings (SSSR count). The third kappa shape index (κ3) is 3.10. The first kappa shape index (κ1) is 17.3. The maximum Gasteiger partial charge on any atom is 0.142 e. The summed E-state index contributed by atoms with van der Waals surface area (Å²) in [6, 6.07) is 10.3. The molecule has 2 aromatic heterocycles. The molecule has 0 amide bonds. The highest BCUT2D eigenvalue weighted by molar-refractivity contribution is 5.99. The van der Waals surface area contributed by atoms with Gasteiger partial charge in [-0.2, -0.15) is 0 Å². The molecule has 0 saturated heterocycles. The van der Waals surface area contributed by atoms with E-state index in [1.165, 1.54) is 11.1 Å². The van der Waals surface area contributed by atoms with Crippen LogP contribution in [0.5, 0.6) is 0 Å². The largest absolute Gasteiger partial charge is 0.398 e. The topological polar surface area (TPSA) is 79.6 Å². The minimum atomic E-state index is 0.574. The zero-order valence-electron chi connectivity index (χ0n) is 16.2. The Morgan fingerprint density at radius 1 is 1.15 bits per heavy atom. The average Bonchev–Trinajstić information content (AvgIpc) is 3.08. The molecule has 0 aliphatic heterocycles. The fourth-order valence-electron chi connectivity index (χ4n) is 3.27. The highest BCUT2D eigenvalue weighted by Gasteiger charge is 2.14. The number of fused-ring (bicyclic) bond motifs is 2. The molecule has 0 fully saturated rings. The third-order valence-corrected chi connectivity index (χ3v) is 5.06. The Kier molecular flexibility index (Phi) is 4.22. The van der Waals surface area contributed by atoms with E-state index in [4.69, 9.17) is 10.7 Å². The molecule has 0 aliphatic rings. The number of benzene rings is 2. The second kappa shape index (κ2) is 6.58. The standard InChI is InChI=1S/C22H25N5/c1-12(2)10-24-15-6-8-18-16(9-15)20(23)17(11-25-18)22-26-19-7-5-13(3)14(4)21(19)27-22/h5-9,11-12,24H,10H2,1-4H3,(H2,23,25)(H,26,27). The van der Waals surface area contributed by atoms with Crippen molar-refractivity contribution < 1.29 is 0 Å². The number of pyridine rings is 1. The fourth-order valence-corrected chi connectivity index (χ4v) is 3.27. The molecule has 0 bridgehead atoms. The summed E-state index contributed by atoms with van der Waals surface area (Å²) < 4.78 is 0. The Hall–Kier alpha value is -3.08. The molecule has 0 aliphatic carbocycles. The molecule has 5 heteroatoms. The minimum absolute atomic E-state index is 0.574. The van der Waals surface area contributed by atoms with Gasteiger partial charge in [-0.3, -0.25) is 4.98 Å². The van der Waals surface area contributed by atoms with E-state index in [-0.39, 0.29) is 0 Å². The van der Waals surface area contributed by atoms with Crippen molar-refractivity contribution in [2.45, 2.75) is 27.7 Å². The SMILES string of the molecule is Cc1ccc2[nH]c(-c3cnc4ccc(NCC(C)C)cc4c3N)nc2c1C. The predicted octanol–water partition coefficient (Wildman–Crippen LogP) is 5.05. The monoisotopic (exact) mass is 359 g/mol. The number of aromatic nitrogens is 3. The van der Waals surface area contributed by atoms with Gasteiger partial charge in [0.05, 0.1) is 27.8 Å². The summed E-state index contributed by atoms with van der Waals surface area (Å²) in [6.07, 6.45) is 1.80. The molecule has 27 heavy (non-hydrogen) atoms. The number of nitrogen functional groups attached to an aromatic ring is 1. The van der Waals surface area contributed by atoms with E-state index >= 15 is 0 Å². The van der Waals surface area contributed by atoms with Crippen molar-refractivity contribution in [1.82, 2.24) is 15.0 Å². The molecule has 4 N–H and O–H groups in total. The number of aromatic amines is 1. The number of hydrogen-bond acceptors (Lipinski definition) is 4. The minimum Gasteiger partial charge on any atom is -0.398 e. The van der Waals surface area contributed by atoms with Gasteiger partial charge >= 0.3 is 0 Å². The van der Waals surface area contributed by atoms with E-state index in [2.05, 4.69) is 61.2 Å². The zero-order chi connectivity index (χ0) is 19.1. The van der Waals surface area contributed by atoms with Crippen molar-refractivity contribution >= 4 is 33.3 Å². The van der Waals surface area contributed by atoms with E-state index in [0.29, 0.717) is 11.6 Å².